The molecule has 1 aromatic heterocycles. The molecular formula is C17H24N4O. The smallest absolute Gasteiger partial charge is 0.223 e. The highest BCUT2D eigenvalue weighted by molar-refractivity contribution is 5.78. The average molecular weight is 300 g/mol. The van der Waals surface area contributed by atoms with Gasteiger partial charge < -0.3 is 4.90 Å². The van der Waals surface area contributed by atoms with Crippen LogP contribution < -0.4 is 0 Å². The molecule has 0 atom stereocenters. The number of hydrogen-bond donors (Lipinski definition) is 0. The maximum absolute atomic E-state index is 12.7. The number of hydrogen-bond acceptors (Lipinski definition) is 3. The molecule has 4 saturated carbocycles. The zero-order valence-electron chi connectivity index (χ0n) is 13.0. The Balaban J connectivity index is 1.23. The van der Waals surface area contributed by atoms with Gasteiger partial charge in [-0.1, -0.05) is 5.21 Å². The molecule has 5 heteroatoms. The van der Waals surface area contributed by atoms with Gasteiger partial charge in [0.15, 0.2) is 0 Å². The van der Waals surface area contributed by atoms with Crippen molar-refractivity contribution >= 4 is 5.91 Å². The van der Waals surface area contributed by atoms with Crippen molar-refractivity contribution in [3.63, 3.8) is 0 Å². The summed E-state index contributed by atoms with van der Waals surface area (Å²) in [7, 11) is 0. The van der Waals surface area contributed by atoms with Crippen molar-refractivity contribution in [1.29, 1.82) is 0 Å². The summed E-state index contributed by atoms with van der Waals surface area (Å²) in [5.74, 6) is 3.17. The molecule has 6 rings (SSSR count). The Hall–Kier alpha value is -1.39. The molecule has 22 heavy (non-hydrogen) atoms. The minimum Gasteiger partial charge on any atom is -0.338 e. The van der Waals surface area contributed by atoms with Crippen molar-refractivity contribution in [2.24, 2.45) is 23.2 Å². The maximum atomic E-state index is 12.7. The maximum Gasteiger partial charge on any atom is 0.223 e. The monoisotopic (exact) mass is 300 g/mol. The minimum atomic E-state index is 0.336. The highest BCUT2D eigenvalue weighted by Gasteiger charge is 2.52. The number of likely N-dealkylation sites (tertiary alicyclic amines) is 1. The fourth-order valence-electron chi connectivity index (χ4n) is 6.18. The Labute approximate surface area is 131 Å². The van der Waals surface area contributed by atoms with Crippen LogP contribution in [0.1, 0.15) is 51.0 Å². The lowest BCUT2D eigenvalue weighted by Crippen LogP contribution is -2.54. The number of aromatic nitrogens is 3. The lowest BCUT2D eigenvalue weighted by atomic mass is 9.49. The summed E-state index contributed by atoms with van der Waals surface area (Å²) < 4.78 is 1.88. The van der Waals surface area contributed by atoms with Crippen LogP contribution >= 0.6 is 0 Å². The van der Waals surface area contributed by atoms with Crippen LogP contribution in [0.3, 0.4) is 0 Å². The third-order valence-corrected chi connectivity index (χ3v) is 6.72. The second-order valence-electron chi connectivity index (χ2n) is 8.43. The van der Waals surface area contributed by atoms with E-state index in [2.05, 4.69) is 10.3 Å². The van der Waals surface area contributed by atoms with E-state index in [0.29, 0.717) is 17.4 Å². The van der Waals surface area contributed by atoms with E-state index in [1.807, 2.05) is 15.8 Å². The fourth-order valence-corrected chi connectivity index (χ4v) is 6.18. The first kappa shape index (κ1) is 13.1. The van der Waals surface area contributed by atoms with Gasteiger partial charge in [0.05, 0.1) is 12.2 Å². The molecule has 5 fully saturated rings. The molecule has 4 aliphatic carbocycles. The van der Waals surface area contributed by atoms with Gasteiger partial charge in [0, 0.05) is 25.7 Å². The summed E-state index contributed by atoms with van der Waals surface area (Å²) in [6, 6.07) is 0.336. The fraction of sp³-hybridized carbons (Fsp3) is 0.824. The van der Waals surface area contributed by atoms with E-state index in [-0.39, 0.29) is 0 Å². The molecule has 118 valence electrons. The average Bonchev–Trinajstić information content (AvgIpc) is 2.88. The van der Waals surface area contributed by atoms with Gasteiger partial charge in [-0.3, -0.25) is 4.79 Å². The van der Waals surface area contributed by atoms with Crippen LogP contribution in [0.25, 0.3) is 0 Å². The molecule has 0 N–H and O–H groups in total. The molecule has 0 radical (unpaired) electrons. The summed E-state index contributed by atoms with van der Waals surface area (Å²) in [6.45, 7) is 1.63. The van der Waals surface area contributed by atoms with Gasteiger partial charge in [0.2, 0.25) is 5.91 Å². The molecule has 1 amide bonds. The summed E-state index contributed by atoms with van der Waals surface area (Å²) in [4.78, 5) is 14.7. The van der Waals surface area contributed by atoms with Crippen molar-refractivity contribution in [1.82, 2.24) is 19.9 Å². The molecule has 2 heterocycles. The lowest BCUT2D eigenvalue weighted by molar-refractivity contribution is -0.145. The number of carbonyl (C=O) groups is 1. The van der Waals surface area contributed by atoms with Gasteiger partial charge >= 0.3 is 0 Å². The van der Waals surface area contributed by atoms with E-state index in [1.54, 1.807) is 6.20 Å². The van der Waals surface area contributed by atoms with Crippen molar-refractivity contribution in [2.75, 3.05) is 13.1 Å². The Morgan fingerprint density at radius 2 is 1.73 bits per heavy atom. The second kappa shape index (κ2) is 4.56. The molecular weight excluding hydrogens is 276 g/mol. The van der Waals surface area contributed by atoms with Crippen molar-refractivity contribution in [3.05, 3.63) is 12.4 Å². The molecule has 1 aromatic rings. The van der Waals surface area contributed by atoms with Crippen LogP contribution in [-0.2, 0) is 4.79 Å². The molecule has 5 aliphatic rings. The van der Waals surface area contributed by atoms with Gasteiger partial charge in [-0.15, -0.1) is 5.10 Å². The van der Waals surface area contributed by atoms with Crippen molar-refractivity contribution in [3.8, 4) is 0 Å². The van der Waals surface area contributed by atoms with E-state index in [9.17, 15) is 4.79 Å². The second-order valence-corrected chi connectivity index (χ2v) is 8.43. The number of amides is 1. The van der Waals surface area contributed by atoms with Gasteiger partial charge in [0.1, 0.15) is 0 Å². The zero-order valence-corrected chi connectivity index (χ0v) is 13.0. The first-order chi connectivity index (χ1) is 10.7. The number of rotatable bonds is 3. The first-order valence-corrected chi connectivity index (χ1v) is 8.83. The third kappa shape index (κ3) is 2.01. The van der Waals surface area contributed by atoms with Gasteiger partial charge in [0.25, 0.3) is 0 Å². The highest BCUT2D eigenvalue weighted by atomic mass is 16.2. The molecule has 1 saturated heterocycles. The Kier molecular flexibility index (Phi) is 2.71. The molecule has 0 spiro atoms. The van der Waals surface area contributed by atoms with Crippen LogP contribution in [0.15, 0.2) is 12.4 Å². The largest absolute Gasteiger partial charge is 0.338 e. The quantitative estimate of drug-likeness (QED) is 0.860. The molecule has 0 aromatic carbocycles. The molecule has 1 aliphatic heterocycles. The molecule has 5 nitrogen and oxygen atoms in total. The summed E-state index contributed by atoms with van der Waals surface area (Å²) in [5, 5.41) is 7.89. The zero-order chi connectivity index (χ0) is 14.7. The topological polar surface area (TPSA) is 51.0 Å². The van der Waals surface area contributed by atoms with Crippen LogP contribution in [0, 0.1) is 23.2 Å². The Morgan fingerprint density at radius 1 is 1.09 bits per heavy atom. The minimum absolute atomic E-state index is 0.336. The van der Waals surface area contributed by atoms with Crippen LogP contribution in [0.2, 0.25) is 0 Å². The number of carbonyl (C=O) groups excluding carboxylic acids is 1. The summed E-state index contributed by atoms with van der Waals surface area (Å²) in [5.41, 5.74) is 0.365. The first-order valence-electron chi connectivity index (χ1n) is 8.83. The van der Waals surface area contributed by atoms with E-state index >= 15 is 0 Å². The van der Waals surface area contributed by atoms with E-state index in [0.717, 1.165) is 37.3 Å². The lowest BCUT2D eigenvalue weighted by Gasteiger charge is -2.57. The van der Waals surface area contributed by atoms with Gasteiger partial charge in [-0.25, -0.2) is 4.68 Å². The molecule has 0 unspecified atom stereocenters. The SMILES string of the molecule is O=C(CC12CC3CC(CC(C3)C1)C2)N1CC(n2ccnn2)C1. The van der Waals surface area contributed by atoms with Gasteiger partial charge in [-0.2, -0.15) is 0 Å². The van der Waals surface area contributed by atoms with E-state index in [4.69, 9.17) is 0 Å². The predicted molar refractivity (Wildman–Crippen MR) is 80.9 cm³/mol. The van der Waals surface area contributed by atoms with Crippen LogP contribution in [0.5, 0.6) is 0 Å². The third-order valence-electron chi connectivity index (χ3n) is 6.72. The normalized spacial score (nSPS) is 40.0. The summed E-state index contributed by atoms with van der Waals surface area (Å²) >= 11 is 0. The number of nitrogens with zero attached hydrogens (tertiary/aromatic N) is 4. The van der Waals surface area contributed by atoms with E-state index < -0.39 is 0 Å². The van der Waals surface area contributed by atoms with Crippen molar-refractivity contribution in [2.45, 2.75) is 51.0 Å². The predicted octanol–water partition coefficient (Wildman–Crippen LogP) is 2.27. The van der Waals surface area contributed by atoms with Crippen LogP contribution in [0.4, 0.5) is 0 Å². The summed E-state index contributed by atoms with van der Waals surface area (Å²) in [6.07, 6.45) is 12.7. The van der Waals surface area contributed by atoms with E-state index in [1.165, 1.54) is 38.5 Å². The standard InChI is InChI=1S/C17H24N4O/c22-16(20-10-15(11-20)21-2-1-18-19-21)9-17-6-12-3-13(7-17)5-14(4-12)8-17/h1-2,12-15H,3-11H2. The Bertz CT molecular complexity index is 540. The van der Waals surface area contributed by atoms with Crippen LogP contribution in [-0.4, -0.2) is 38.9 Å². The van der Waals surface area contributed by atoms with Gasteiger partial charge in [-0.05, 0) is 61.7 Å². The van der Waals surface area contributed by atoms with Crippen molar-refractivity contribution < 1.29 is 4.79 Å². The molecule has 4 bridgehead atoms. The Morgan fingerprint density at radius 3 is 2.27 bits per heavy atom. The highest BCUT2D eigenvalue weighted by Crippen LogP contribution is 2.61.